The number of anilines is 1. The Morgan fingerprint density at radius 1 is 0.885 bits per heavy atom. The van der Waals surface area contributed by atoms with Crippen LogP contribution in [-0.2, 0) is 0 Å². The highest BCUT2D eigenvalue weighted by Crippen LogP contribution is 2.23. The average molecular weight is 349 g/mol. The zero-order valence-corrected chi connectivity index (χ0v) is 14.8. The Labute approximate surface area is 151 Å². The number of amides is 1. The number of aryl methyl sites for hydroxylation is 2. The molecule has 0 saturated carbocycles. The first kappa shape index (κ1) is 17.5. The van der Waals surface area contributed by atoms with Gasteiger partial charge in [0.25, 0.3) is 5.91 Å². The van der Waals surface area contributed by atoms with Gasteiger partial charge < -0.3 is 14.5 Å². The lowest BCUT2D eigenvalue weighted by Crippen LogP contribution is -2.12. The fourth-order valence-electron chi connectivity index (χ4n) is 2.65. The maximum atomic E-state index is 12.4. The molecule has 132 valence electrons. The van der Waals surface area contributed by atoms with Crippen LogP contribution in [0, 0.1) is 20.8 Å². The Hall–Kier alpha value is -3.34. The quantitative estimate of drug-likeness (QED) is 0.549. The smallest absolute Gasteiger partial charge is 0.347 e. The van der Waals surface area contributed by atoms with E-state index in [0.29, 0.717) is 34.1 Å². The summed E-state index contributed by atoms with van der Waals surface area (Å²) in [5.74, 6) is 0.976. The van der Waals surface area contributed by atoms with E-state index in [2.05, 4.69) is 5.32 Å². The summed E-state index contributed by atoms with van der Waals surface area (Å²) < 4.78 is 10.9. The topological polar surface area (TPSA) is 68.5 Å². The number of nitrogens with one attached hydrogen (secondary N) is 1. The lowest BCUT2D eigenvalue weighted by atomic mass is 10.1. The summed E-state index contributed by atoms with van der Waals surface area (Å²) in [6.07, 6.45) is 0. The van der Waals surface area contributed by atoms with Gasteiger partial charge in [0.05, 0.1) is 0 Å². The summed E-state index contributed by atoms with van der Waals surface area (Å²) in [4.78, 5) is 24.5. The Balaban J connectivity index is 1.68. The van der Waals surface area contributed by atoms with Crippen molar-refractivity contribution in [1.82, 2.24) is 0 Å². The Morgan fingerprint density at radius 2 is 1.54 bits per heavy atom. The molecule has 3 aromatic rings. The highest BCUT2D eigenvalue weighted by molar-refractivity contribution is 6.04. The number of benzene rings is 2. The van der Waals surface area contributed by atoms with Crippen LogP contribution in [0.2, 0.25) is 0 Å². The van der Waals surface area contributed by atoms with Crippen molar-refractivity contribution in [3.8, 4) is 5.75 Å². The van der Waals surface area contributed by atoms with Gasteiger partial charge >= 0.3 is 5.97 Å². The maximum Gasteiger partial charge on any atom is 0.347 e. The lowest BCUT2D eigenvalue weighted by molar-refractivity contribution is 0.0732. The minimum atomic E-state index is -0.460. The van der Waals surface area contributed by atoms with Crippen LogP contribution in [0.1, 0.15) is 37.8 Å². The highest BCUT2D eigenvalue weighted by Gasteiger charge is 2.20. The average Bonchev–Trinajstić information content (AvgIpc) is 2.89. The van der Waals surface area contributed by atoms with Crippen LogP contribution in [0.3, 0.4) is 0 Å². The molecule has 2 aromatic carbocycles. The second-order valence-electron chi connectivity index (χ2n) is 5.95. The van der Waals surface area contributed by atoms with Crippen LogP contribution in [0.5, 0.6) is 5.75 Å². The van der Waals surface area contributed by atoms with Crippen LogP contribution in [-0.4, -0.2) is 11.9 Å². The van der Waals surface area contributed by atoms with Gasteiger partial charge in [-0.1, -0.05) is 18.2 Å². The lowest BCUT2D eigenvalue weighted by Gasteiger charge is -2.07. The normalized spacial score (nSPS) is 10.4. The van der Waals surface area contributed by atoms with Gasteiger partial charge in [0.2, 0.25) is 0 Å². The molecule has 26 heavy (non-hydrogen) atoms. The van der Waals surface area contributed by atoms with E-state index in [-0.39, 0.29) is 5.91 Å². The number of hydrogen-bond acceptors (Lipinski definition) is 4. The fraction of sp³-hybridized carbons (Fsp3) is 0.143. The van der Waals surface area contributed by atoms with Gasteiger partial charge in [0.1, 0.15) is 22.8 Å². The molecule has 0 unspecified atom stereocenters. The second kappa shape index (κ2) is 7.27. The minimum Gasteiger partial charge on any atom is -0.465 e. The van der Waals surface area contributed by atoms with Crippen LogP contribution >= 0.6 is 0 Å². The van der Waals surface area contributed by atoms with Crippen molar-refractivity contribution in [2.45, 2.75) is 20.8 Å². The molecule has 5 nitrogen and oxygen atoms in total. The van der Waals surface area contributed by atoms with Gasteiger partial charge in [-0.3, -0.25) is 4.79 Å². The van der Waals surface area contributed by atoms with Crippen LogP contribution in [0.4, 0.5) is 5.69 Å². The Kier molecular flexibility index (Phi) is 4.89. The Bertz CT molecular complexity index is 940. The summed E-state index contributed by atoms with van der Waals surface area (Å²) in [5.41, 5.74) is 2.41. The molecule has 0 saturated heterocycles. The molecule has 3 rings (SSSR count). The molecule has 0 atom stereocenters. The molecule has 5 heteroatoms. The van der Waals surface area contributed by atoms with Gasteiger partial charge in [-0.15, -0.1) is 0 Å². The zero-order chi connectivity index (χ0) is 18.7. The monoisotopic (exact) mass is 349 g/mol. The summed E-state index contributed by atoms with van der Waals surface area (Å²) in [5, 5.41) is 2.80. The molecule has 1 heterocycles. The van der Waals surface area contributed by atoms with E-state index in [1.165, 1.54) is 0 Å². The van der Waals surface area contributed by atoms with E-state index in [1.54, 1.807) is 55.5 Å². The van der Waals surface area contributed by atoms with Gasteiger partial charge in [-0.2, -0.15) is 0 Å². The van der Waals surface area contributed by atoms with Gasteiger partial charge in [0, 0.05) is 16.8 Å². The van der Waals surface area contributed by atoms with E-state index < -0.39 is 5.97 Å². The molecule has 0 radical (unpaired) electrons. The highest BCUT2D eigenvalue weighted by atomic mass is 16.5. The van der Waals surface area contributed by atoms with E-state index in [4.69, 9.17) is 9.15 Å². The van der Waals surface area contributed by atoms with Crippen LogP contribution in [0.15, 0.2) is 59.0 Å². The summed E-state index contributed by atoms with van der Waals surface area (Å²) >= 11 is 0. The number of hydrogen-bond donors (Lipinski definition) is 1. The third-order valence-corrected chi connectivity index (χ3v) is 4.12. The third kappa shape index (κ3) is 3.67. The van der Waals surface area contributed by atoms with Crippen LogP contribution < -0.4 is 10.1 Å². The number of esters is 1. The van der Waals surface area contributed by atoms with E-state index in [9.17, 15) is 9.59 Å². The molecule has 1 aromatic heterocycles. The van der Waals surface area contributed by atoms with Crippen molar-refractivity contribution in [3.63, 3.8) is 0 Å². The number of carbonyl (C=O) groups is 2. The van der Waals surface area contributed by atoms with Crippen molar-refractivity contribution >= 4 is 17.6 Å². The fourth-order valence-corrected chi connectivity index (χ4v) is 2.65. The molecule has 1 N–H and O–H groups in total. The summed E-state index contributed by atoms with van der Waals surface area (Å²) in [6.45, 7) is 5.37. The third-order valence-electron chi connectivity index (χ3n) is 4.12. The van der Waals surface area contributed by atoms with Gasteiger partial charge in [-0.05, 0) is 57.2 Å². The molecule has 0 aliphatic carbocycles. The minimum absolute atomic E-state index is 0.199. The molecule has 0 fully saturated rings. The summed E-state index contributed by atoms with van der Waals surface area (Å²) in [7, 11) is 0. The molecule has 0 aliphatic heterocycles. The second-order valence-corrected chi connectivity index (χ2v) is 5.95. The molecule has 0 bridgehead atoms. The van der Waals surface area contributed by atoms with E-state index >= 15 is 0 Å². The summed E-state index contributed by atoms with van der Waals surface area (Å²) in [6, 6.07) is 15.6. The van der Waals surface area contributed by atoms with Crippen LogP contribution in [0.25, 0.3) is 0 Å². The maximum absolute atomic E-state index is 12.4. The molecule has 0 aliphatic rings. The molecular formula is C21H19NO4. The van der Waals surface area contributed by atoms with Crippen molar-refractivity contribution in [3.05, 3.63) is 82.8 Å². The van der Waals surface area contributed by atoms with E-state index in [0.717, 1.165) is 5.56 Å². The SMILES string of the molecule is Cc1oc(C)c(C(=O)Oc2ccc(NC(=O)c3ccccc3)cc2)c1C. The van der Waals surface area contributed by atoms with Crippen molar-refractivity contribution in [2.24, 2.45) is 0 Å². The van der Waals surface area contributed by atoms with Crippen molar-refractivity contribution < 1.29 is 18.7 Å². The number of rotatable bonds is 4. The standard InChI is InChI=1S/C21H19NO4/c1-13-14(2)25-15(3)19(13)21(24)26-18-11-9-17(10-12-18)22-20(23)16-7-5-4-6-8-16/h4-12H,1-3H3,(H,22,23). The first-order valence-corrected chi connectivity index (χ1v) is 8.21. The largest absolute Gasteiger partial charge is 0.465 e. The zero-order valence-electron chi connectivity index (χ0n) is 14.8. The number of carbonyl (C=O) groups excluding carboxylic acids is 2. The van der Waals surface area contributed by atoms with Crippen molar-refractivity contribution in [2.75, 3.05) is 5.32 Å². The molecule has 0 spiro atoms. The number of ether oxygens (including phenoxy) is 1. The first-order chi connectivity index (χ1) is 12.5. The van der Waals surface area contributed by atoms with Gasteiger partial charge in [-0.25, -0.2) is 4.79 Å². The Morgan fingerprint density at radius 3 is 2.12 bits per heavy atom. The van der Waals surface area contributed by atoms with Gasteiger partial charge in [0.15, 0.2) is 0 Å². The molecular weight excluding hydrogens is 330 g/mol. The van der Waals surface area contributed by atoms with Crippen molar-refractivity contribution in [1.29, 1.82) is 0 Å². The molecule has 1 amide bonds. The van der Waals surface area contributed by atoms with E-state index in [1.807, 2.05) is 19.9 Å². The first-order valence-electron chi connectivity index (χ1n) is 8.21. The predicted molar refractivity (Wildman–Crippen MR) is 98.7 cm³/mol. The predicted octanol–water partition coefficient (Wildman–Crippen LogP) is 4.68. The number of furan rings is 1.